The fourth-order valence-electron chi connectivity index (χ4n) is 1.08. The lowest BCUT2D eigenvalue weighted by atomic mass is 10.2. The minimum atomic E-state index is 0.186. The van der Waals surface area contributed by atoms with Gasteiger partial charge >= 0.3 is 0 Å². The second kappa shape index (κ2) is 3.40. The lowest BCUT2D eigenvalue weighted by Gasteiger charge is -2.00. The van der Waals surface area contributed by atoms with Gasteiger partial charge in [0, 0.05) is 12.5 Å². The van der Waals surface area contributed by atoms with Crippen LogP contribution in [-0.4, -0.2) is 11.9 Å². The zero-order valence-electron chi connectivity index (χ0n) is 6.26. The minimum Gasteiger partial charge on any atom is -0.350 e. The fourth-order valence-corrected chi connectivity index (χ4v) is 1.08. The number of hydrogen-bond donors (Lipinski definition) is 1. The van der Waals surface area contributed by atoms with E-state index in [1.54, 1.807) is 0 Å². The van der Waals surface area contributed by atoms with E-state index >= 15 is 0 Å². The van der Waals surface area contributed by atoms with Crippen molar-refractivity contribution < 1.29 is 4.79 Å². The Balaban J connectivity index is 2.31. The molecular weight excluding hydrogens is 126 g/mol. The van der Waals surface area contributed by atoms with Crippen LogP contribution in [0.15, 0.2) is 12.2 Å². The van der Waals surface area contributed by atoms with E-state index in [1.165, 1.54) is 0 Å². The van der Waals surface area contributed by atoms with E-state index in [9.17, 15) is 4.79 Å². The molecule has 0 aromatic rings. The highest BCUT2D eigenvalue weighted by Gasteiger charge is 2.16. The summed E-state index contributed by atoms with van der Waals surface area (Å²) < 4.78 is 0. The standard InChI is InChI=1S/C8H13NO/c1-2-3-4-7-5-6-8(10)9-7/h3-4,7H,2,5-6H2,1H3,(H,9,10). The molecule has 1 aliphatic rings. The number of nitrogens with one attached hydrogen (secondary N) is 1. The quantitative estimate of drug-likeness (QED) is 0.573. The topological polar surface area (TPSA) is 29.1 Å². The highest BCUT2D eigenvalue weighted by molar-refractivity contribution is 5.78. The van der Waals surface area contributed by atoms with Crippen molar-refractivity contribution in [1.29, 1.82) is 0 Å². The van der Waals surface area contributed by atoms with Gasteiger partial charge in [0.15, 0.2) is 0 Å². The van der Waals surface area contributed by atoms with E-state index in [4.69, 9.17) is 0 Å². The molecule has 0 bridgehead atoms. The normalized spacial score (nSPS) is 25.7. The van der Waals surface area contributed by atoms with Crippen molar-refractivity contribution in [3.05, 3.63) is 12.2 Å². The lowest BCUT2D eigenvalue weighted by Crippen LogP contribution is -2.22. The molecule has 0 aromatic carbocycles. The van der Waals surface area contributed by atoms with E-state index in [-0.39, 0.29) is 5.91 Å². The predicted molar refractivity (Wildman–Crippen MR) is 40.6 cm³/mol. The molecule has 0 saturated carbocycles. The summed E-state index contributed by atoms with van der Waals surface area (Å²) in [5, 5.41) is 2.86. The number of carbonyl (C=O) groups excluding carboxylic acids is 1. The highest BCUT2D eigenvalue weighted by Crippen LogP contribution is 2.07. The first kappa shape index (κ1) is 7.32. The average Bonchev–Trinajstić information content (AvgIpc) is 2.31. The summed E-state index contributed by atoms with van der Waals surface area (Å²) >= 11 is 0. The molecule has 1 aliphatic heterocycles. The Morgan fingerprint density at radius 3 is 3.10 bits per heavy atom. The lowest BCUT2D eigenvalue weighted by molar-refractivity contribution is -0.119. The Labute approximate surface area is 61.3 Å². The first-order valence-electron chi connectivity index (χ1n) is 3.79. The summed E-state index contributed by atoms with van der Waals surface area (Å²) in [7, 11) is 0. The SMILES string of the molecule is CCC=CC1CCC(=O)N1. The fraction of sp³-hybridized carbons (Fsp3) is 0.625. The van der Waals surface area contributed by atoms with Crippen LogP contribution in [0.5, 0.6) is 0 Å². The molecule has 0 spiro atoms. The molecule has 1 heterocycles. The van der Waals surface area contributed by atoms with Crippen LogP contribution in [0.4, 0.5) is 0 Å². The van der Waals surface area contributed by atoms with Gasteiger partial charge in [-0.3, -0.25) is 4.79 Å². The van der Waals surface area contributed by atoms with Gasteiger partial charge in [0.1, 0.15) is 0 Å². The zero-order chi connectivity index (χ0) is 7.40. The molecular formula is C8H13NO. The number of hydrogen-bond acceptors (Lipinski definition) is 1. The van der Waals surface area contributed by atoms with Crippen molar-refractivity contribution in [2.45, 2.75) is 32.2 Å². The first-order valence-corrected chi connectivity index (χ1v) is 3.79. The summed E-state index contributed by atoms with van der Waals surface area (Å²) in [6, 6.07) is 0.312. The van der Waals surface area contributed by atoms with Crippen molar-refractivity contribution in [2.24, 2.45) is 0 Å². The maximum absolute atomic E-state index is 10.7. The van der Waals surface area contributed by atoms with Crippen molar-refractivity contribution in [2.75, 3.05) is 0 Å². The van der Waals surface area contributed by atoms with Gasteiger partial charge in [0.2, 0.25) is 5.91 Å². The van der Waals surface area contributed by atoms with Crippen LogP contribution in [-0.2, 0) is 4.79 Å². The van der Waals surface area contributed by atoms with Crippen LogP contribution in [0, 0.1) is 0 Å². The smallest absolute Gasteiger partial charge is 0.220 e. The van der Waals surface area contributed by atoms with Crippen molar-refractivity contribution in [3.63, 3.8) is 0 Å². The molecule has 0 aromatic heterocycles. The second-order valence-electron chi connectivity index (χ2n) is 2.55. The molecule has 0 aliphatic carbocycles. The molecule has 2 nitrogen and oxygen atoms in total. The molecule has 1 atom stereocenters. The Hall–Kier alpha value is -0.790. The zero-order valence-corrected chi connectivity index (χ0v) is 6.26. The molecule has 1 fully saturated rings. The summed E-state index contributed by atoms with van der Waals surface area (Å²) in [6.07, 6.45) is 6.88. The third-order valence-electron chi connectivity index (χ3n) is 1.63. The largest absolute Gasteiger partial charge is 0.350 e. The van der Waals surface area contributed by atoms with Crippen LogP contribution in [0.1, 0.15) is 26.2 Å². The van der Waals surface area contributed by atoms with Crippen LogP contribution in [0.3, 0.4) is 0 Å². The number of allylic oxidation sites excluding steroid dienone is 1. The molecule has 1 N–H and O–H groups in total. The molecule has 2 heteroatoms. The van der Waals surface area contributed by atoms with Gasteiger partial charge in [-0.05, 0) is 12.8 Å². The van der Waals surface area contributed by atoms with Gasteiger partial charge in [-0.1, -0.05) is 19.1 Å². The van der Waals surface area contributed by atoms with Gasteiger partial charge in [-0.25, -0.2) is 0 Å². The van der Waals surface area contributed by atoms with Gasteiger partial charge in [-0.15, -0.1) is 0 Å². The summed E-state index contributed by atoms with van der Waals surface area (Å²) in [4.78, 5) is 10.7. The molecule has 1 saturated heterocycles. The maximum Gasteiger partial charge on any atom is 0.220 e. The molecule has 1 rings (SSSR count). The van der Waals surface area contributed by atoms with Gasteiger partial charge in [0.05, 0.1) is 0 Å². The third kappa shape index (κ3) is 1.87. The molecule has 56 valence electrons. The summed E-state index contributed by atoms with van der Waals surface area (Å²) in [5.41, 5.74) is 0. The average molecular weight is 139 g/mol. The highest BCUT2D eigenvalue weighted by atomic mass is 16.1. The second-order valence-corrected chi connectivity index (χ2v) is 2.55. The number of rotatable bonds is 2. The number of carbonyl (C=O) groups is 1. The Morgan fingerprint density at radius 2 is 2.60 bits per heavy atom. The molecule has 10 heavy (non-hydrogen) atoms. The molecule has 0 radical (unpaired) electrons. The minimum absolute atomic E-state index is 0.186. The summed E-state index contributed by atoms with van der Waals surface area (Å²) in [5.74, 6) is 0.186. The number of amides is 1. The van der Waals surface area contributed by atoms with Gasteiger partial charge < -0.3 is 5.32 Å². The van der Waals surface area contributed by atoms with E-state index in [0.29, 0.717) is 12.5 Å². The Bertz CT molecular complexity index is 151. The molecule has 1 amide bonds. The first-order chi connectivity index (χ1) is 4.83. The maximum atomic E-state index is 10.7. The Morgan fingerprint density at radius 1 is 1.80 bits per heavy atom. The van der Waals surface area contributed by atoms with Crippen LogP contribution < -0.4 is 5.32 Å². The van der Waals surface area contributed by atoms with Gasteiger partial charge in [0.25, 0.3) is 0 Å². The van der Waals surface area contributed by atoms with Crippen LogP contribution in [0.2, 0.25) is 0 Å². The molecule has 1 unspecified atom stereocenters. The van der Waals surface area contributed by atoms with Crippen molar-refractivity contribution in [3.8, 4) is 0 Å². The monoisotopic (exact) mass is 139 g/mol. The van der Waals surface area contributed by atoms with Crippen molar-refractivity contribution >= 4 is 5.91 Å². The van der Waals surface area contributed by atoms with Gasteiger partial charge in [-0.2, -0.15) is 0 Å². The van der Waals surface area contributed by atoms with Crippen molar-refractivity contribution in [1.82, 2.24) is 5.32 Å². The van der Waals surface area contributed by atoms with Crippen LogP contribution >= 0.6 is 0 Å². The van der Waals surface area contributed by atoms with E-state index in [2.05, 4.69) is 24.4 Å². The summed E-state index contributed by atoms with van der Waals surface area (Å²) in [6.45, 7) is 2.09. The van der Waals surface area contributed by atoms with Crippen LogP contribution in [0.25, 0.3) is 0 Å². The van der Waals surface area contributed by atoms with E-state index in [0.717, 1.165) is 12.8 Å². The predicted octanol–water partition coefficient (Wildman–Crippen LogP) is 1.23. The van der Waals surface area contributed by atoms with E-state index in [1.807, 2.05) is 0 Å². The third-order valence-corrected chi connectivity index (χ3v) is 1.63. The Kier molecular flexibility index (Phi) is 2.49. The van der Waals surface area contributed by atoms with E-state index < -0.39 is 0 Å².